The predicted octanol–water partition coefficient (Wildman–Crippen LogP) is 3.75. The summed E-state index contributed by atoms with van der Waals surface area (Å²) >= 11 is 2.18. The van der Waals surface area contributed by atoms with Crippen LogP contribution in [0.2, 0.25) is 0 Å². The maximum Gasteiger partial charge on any atom is 0.123 e. The van der Waals surface area contributed by atoms with Crippen LogP contribution >= 0.6 is 22.6 Å². The van der Waals surface area contributed by atoms with Gasteiger partial charge in [-0.15, -0.1) is 0 Å². The van der Waals surface area contributed by atoms with Gasteiger partial charge in [0.05, 0.1) is 0 Å². The molecule has 1 aromatic heterocycles. The van der Waals surface area contributed by atoms with E-state index in [4.69, 9.17) is 5.73 Å². The molecule has 100 valence electrons. The Kier molecular flexibility index (Phi) is 3.92. The maximum atomic E-state index is 13.4. The summed E-state index contributed by atoms with van der Waals surface area (Å²) in [5, 5.41) is 0. The number of aromatic nitrogens is 1. The summed E-state index contributed by atoms with van der Waals surface area (Å²) in [5.41, 5.74) is 7.71. The number of hydrogen-bond acceptors (Lipinski definition) is 2. The molecule has 19 heavy (non-hydrogen) atoms. The molecule has 2 nitrogen and oxygen atoms in total. The molecule has 0 bridgehead atoms. The SMILES string of the molecule is CC(C)(c1ccccn1)[C@](N)(I)c1cccc(F)c1. The summed E-state index contributed by atoms with van der Waals surface area (Å²) in [6.07, 6.45) is 1.75. The third-order valence-corrected chi connectivity index (χ3v) is 5.43. The number of nitrogens with two attached hydrogens (primary N) is 1. The predicted molar refractivity (Wildman–Crippen MR) is 83.5 cm³/mol. The molecule has 0 radical (unpaired) electrons. The highest BCUT2D eigenvalue weighted by Crippen LogP contribution is 2.44. The van der Waals surface area contributed by atoms with E-state index in [1.165, 1.54) is 12.1 Å². The average Bonchev–Trinajstić information content (AvgIpc) is 2.39. The minimum absolute atomic E-state index is 0.277. The van der Waals surface area contributed by atoms with Crippen LogP contribution in [0.25, 0.3) is 0 Å². The van der Waals surface area contributed by atoms with Crippen LogP contribution in [0.15, 0.2) is 48.7 Å². The number of benzene rings is 1. The molecule has 0 saturated heterocycles. The molecule has 0 spiro atoms. The number of halogens is 2. The van der Waals surface area contributed by atoms with Crippen LogP contribution in [0.4, 0.5) is 4.39 Å². The monoisotopic (exact) mass is 370 g/mol. The molecule has 0 fully saturated rings. The van der Waals surface area contributed by atoms with Gasteiger partial charge in [-0.25, -0.2) is 4.39 Å². The molecule has 2 aromatic rings. The molecule has 2 N–H and O–H groups in total. The summed E-state index contributed by atoms with van der Waals surface area (Å²) in [6, 6.07) is 12.2. The molecule has 0 unspecified atom stereocenters. The quantitative estimate of drug-likeness (QED) is 0.508. The highest BCUT2D eigenvalue weighted by atomic mass is 127. The van der Waals surface area contributed by atoms with Gasteiger partial charge in [0.15, 0.2) is 0 Å². The van der Waals surface area contributed by atoms with E-state index in [-0.39, 0.29) is 5.82 Å². The van der Waals surface area contributed by atoms with Crippen molar-refractivity contribution in [1.82, 2.24) is 4.98 Å². The van der Waals surface area contributed by atoms with Gasteiger partial charge in [0, 0.05) is 17.3 Å². The van der Waals surface area contributed by atoms with Crippen molar-refractivity contribution in [3.63, 3.8) is 0 Å². The van der Waals surface area contributed by atoms with Gasteiger partial charge in [0.1, 0.15) is 9.36 Å². The summed E-state index contributed by atoms with van der Waals surface area (Å²) in [5.74, 6) is -0.277. The molecule has 0 amide bonds. The molecule has 4 heteroatoms. The lowest BCUT2D eigenvalue weighted by atomic mass is 9.78. The minimum atomic E-state index is -0.749. The summed E-state index contributed by atoms with van der Waals surface area (Å²) < 4.78 is 12.7. The second kappa shape index (κ2) is 5.17. The fraction of sp³-hybridized carbons (Fsp3) is 0.267. The first-order chi connectivity index (χ1) is 8.85. The summed E-state index contributed by atoms with van der Waals surface area (Å²) in [7, 11) is 0. The van der Waals surface area contributed by atoms with Gasteiger partial charge >= 0.3 is 0 Å². The number of alkyl halides is 1. The van der Waals surface area contributed by atoms with Crippen LogP contribution in [-0.2, 0) is 8.96 Å². The van der Waals surface area contributed by atoms with Gasteiger partial charge in [-0.1, -0.05) is 54.6 Å². The first-order valence-corrected chi connectivity index (χ1v) is 7.09. The van der Waals surface area contributed by atoms with Gasteiger partial charge in [-0.05, 0) is 29.8 Å². The first-order valence-electron chi connectivity index (χ1n) is 6.01. The van der Waals surface area contributed by atoms with E-state index >= 15 is 0 Å². The molecule has 1 atom stereocenters. The van der Waals surface area contributed by atoms with E-state index in [0.717, 1.165) is 11.3 Å². The smallest absolute Gasteiger partial charge is 0.123 e. The standard InChI is InChI=1S/C15H16FIN2/c1-14(2,13-8-3-4-9-19-13)15(17,18)11-6-5-7-12(16)10-11/h3-10H,18H2,1-2H3/t15-/m0/s1. The highest BCUT2D eigenvalue weighted by Gasteiger charge is 2.43. The third-order valence-electron chi connectivity index (χ3n) is 3.46. The third kappa shape index (κ3) is 2.65. The Labute approximate surface area is 126 Å². The Morgan fingerprint density at radius 3 is 2.47 bits per heavy atom. The van der Waals surface area contributed by atoms with Crippen molar-refractivity contribution in [2.24, 2.45) is 5.73 Å². The molecule has 0 aliphatic heterocycles. The van der Waals surface area contributed by atoms with Gasteiger partial charge in [0.25, 0.3) is 0 Å². The number of pyridine rings is 1. The molecule has 1 aromatic carbocycles. The Balaban J connectivity index is 2.49. The zero-order valence-electron chi connectivity index (χ0n) is 10.9. The van der Waals surface area contributed by atoms with E-state index in [2.05, 4.69) is 27.6 Å². The van der Waals surface area contributed by atoms with E-state index < -0.39 is 8.96 Å². The zero-order chi connectivity index (χ0) is 14.1. The van der Waals surface area contributed by atoms with E-state index in [1.807, 2.05) is 38.1 Å². The Morgan fingerprint density at radius 1 is 1.16 bits per heavy atom. The van der Waals surface area contributed by atoms with Gasteiger partial charge < -0.3 is 5.73 Å². The molecule has 0 aliphatic carbocycles. The van der Waals surface area contributed by atoms with Crippen molar-refractivity contribution in [1.29, 1.82) is 0 Å². The lowest BCUT2D eigenvalue weighted by Gasteiger charge is -2.39. The van der Waals surface area contributed by atoms with Crippen LogP contribution < -0.4 is 5.73 Å². The molecular formula is C15H16FIN2. The normalized spacial score (nSPS) is 15.0. The average molecular weight is 370 g/mol. The molecule has 0 saturated carbocycles. The van der Waals surface area contributed by atoms with Crippen LogP contribution in [-0.4, -0.2) is 4.98 Å². The lowest BCUT2D eigenvalue weighted by molar-refractivity contribution is 0.388. The second-order valence-corrected chi connectivity index (χ2v) is 6.76. The minimum Gasteiger partial charge on any atom is -0.312 e. The van der Waals surface area contributed by atoms with Crippen LogP contribution in [0.5, 0.6) is 0 Å². The van der Waals surface area contributed by atoms with Crippen LogP contribution in [0.1, 0.15) is 25.1 Å². The topological polar surface area (TPSA) is 38.9 Å². The van der Waals surface area contributed by atoms with Crippen LogP contribution in [0, 0.1) is 5.82 Å². The van der Waals surface area contributed by atoms with E-state index in [0.29, 0.717) is 0 Å². The molecule has 2 rings (SSSR count). The van der Waals surface area contributed by atoms with Gasteiger partial charge in [0.2, 0.25) is 0 Å². The van der Waals surface area contributed by atoms with E-state index in [1.54, 1.807) is 12.3 Å². The largest absolute Gasteiger partial charge is 0.312 e. The van der Waals surface area contributed by atoms with Crippen LogP contribution in [0.3, 0.4) is 0 Å². The lowest BCUT2D eigenvalue weighted by Crippen LogP contribution is -2.48. The van der Waals surface area contributed by atoms with Crippen molar-refractivity contribution in [3.8, 4) is 0 Å². The van der Waals surface area contributed by atoms with Crippen molar-refractivity contribution >= 4 is 22.6 Å². The number of rotatable bonds is 3. The highest BCUT2D eigenvalue weighted by molar-refractivity contribution is 14.1. The Hall–Kier alpha value is -1.01. The number of hydrogen-bond donors (Lipinski definition) is 1. The van der Waals surface area contributed by atoms with Crippen molar-refractivity contribution in [2.45, 2.75) is 22.8 Å². The van der Waals surface area contributed by atoms with Gasteiger partial charge in [-0.2, -0.15) is 0 Å². The second-order valence-electron chi connectivity index (χ2n) is 5.06. The van der Waals surface area contributed by atoms with E-state index in [9.17, 15) is 4.39 Å². The van der Waals surface area contributed by atoms with Crippen molar-refractivity contribution in [3.05, 3.63) is 65.7 Å². The molecule has 0 aliphatic rings. The summed E-state index contributed by atoms with van der Waals surface area (Å²) in [6.45, 7) is 4.04. The Morgan fingerprint density at radius 2 is 1.89 bits per heavy atom. The maximum absolute atomic E-state index is 13.4. The van der Waals surface area contributed by atoms with Gasteiger partial charge in [-0.3, -0.25) is 4.98 Å². The fourth-order valence-electron chi connectivity index (χ4n) is 1.99. The first kappa shape index (κ1) is 14.4. The fourth-order valence-corrected chi connectivity index (χ4v) is 2.61. The van der Waals surface area contributed by atoms with Crippen molar-refractivity contribution in [2.75, 3.05) is 0 Å². The Bertz CT molecular complexity index is 567. The van der Waals surface area contributed by atoms with Crippen molar-refractivity contribution < 1.29 is 4.39 Å². The summed E-state index contributed by atoms with van der Waals surface area (Å²) in [4.78, 5) is 4.39. The zero-order valence-corrected chi connectivity index (χ0v) is 13.1. The number of nitrogens with zero attached hydrogens (tertiary/aromatic N) is 1. The molecule has 1 heterocycles. The molecular weight excluding hydrogens is 354 g/mol.